The summed E-state index contributed by atoms with van der Waals surface area (Å²) in [5.41, 5.74) is 5.05. The summed E-state index contributed by atoms with van der Waals surface area (Å²) in [4.78, 5) is 17.6. The second kappa shape index (κ2) is 10.9. The Balaban J connectivity index is 1.41. The van der Waals surface area contributed by atoms with Crippen LogP contribution in [0.25, 0.3) is 10.8 Å². The molecule has 4 nitrogen and oxygen atoms in total. The Morgan fingerprint density at radius 3 is 2.50 bits per heavy atom. The van der Waals surface area contributed by atoms with Gasteiger partial charge in [0.1, 0.15) is 12.4 Å². The van der Waals surface area contributed by atoms with Crippen molar-refractivity contribution in [2.45, 2.75) is 25.9 Å². The highest BCUT2D eigenvalue weighted by molar-refractivity contribution is 5.99. The monoisotopic (exact) mass is 472 g/mol. The SMILES string of the molecule is CC(C(=O)Nc1cc(COc2cccnc2)ccc1Cc1ccccc1)c1cccc2ccccc12. The molecule has 4 heteroatoms. The summed E-state index contributed by atoms with van der Waals surface area (Å²) >= 11 is 0. The summed E-state index contributed by atoms with van der Waals surface area (Å²) in [6.45, 7) is 2.35. The summed E-state index contributed by atoms with van der Waals surface area (Å²) in [7, 11) is 0. The molecule has 0 fully saturated rings. The molecule has 0 spiro atoms. The molecule has 0 saturated heterocycles. The van der Waals surface area contributed by atoms with Gasteiger partial charge in [-0.15, -0.1) is 0 Å². The van der Waals surface area contributed by atoms with Crippen molar-refractivity contribution < 1.29 is 9.53 Å². The summed E-state index contributed by atoms with van der Waals surface area (Å²) in [6.07, 6.45) is 4.14. The van der Waals surface area contributed by atoms with Crippen molar-refractivity contribution in [1.82, 2.24) is 4.98 Å². The minimum absolute atomic E-state index is 0.0361. The highest BCUT2D eigenvalue weighted by atomic mass is 16.5. The number of pyridine rings is 1. The van der Waals surface area contributed by atoms with Crippen LogP contribution in [-0.2, 0) is 17.8 Å². The molecule has 1 amide bonds. The minimum atomic E-state index is -0.309. The fraction of sp³-hybridized carbons (Fsp3) is 0.125. The van der Waals surface area contributed by atoms with Gasteiger partial charge in [0.2, 0.25) is 5.91 Å². The molecule has 178 valence electrons. The van der Waals surface area contributed by atoms with Gasteiger partial charge in [-0.05, 0) is 64.6 Å². The molecule has 0 saturated carbocycles. The summed E-state index contributed by atoms with van der Waals surface area (Å²) in [5.74, 6) is 0.364. The Bertz CT molecular complexity index is 1460. The van der Waals surface area contributed by atoms with E-state index in [2.05, 4.69) is 52.8 Å². The maximum absolute atomic E-state index is 13.5. The molecule has 0 aliphatic heterocycles. The summed E-state index contributed by atoms with van der Waals surface area (Å²) < 4.78 is 5.90. The number of rotatable bonds is 8. The highest BCUT2D eigenvalue weighted by Crippen LogP contribution is 2.28. The maximum Gasteiger partial charge on any atom is 0.231 e. The first-order valence-corrected chi connectivity index (χ1v) is 12.1. The Morgan fingerprint density at radius 1 is 0.861 bits per heavy atom. The number of nitrogens with one attached hydrogen (secondary N) is 1. The second-order valence-corrected chi connectivity index (χ2v) is 8.91. The molecule has 36 heavy (non-hydrogen) atoms. The predicted octanol–water partition coefficient (Wildman–Crippen LogP) is 7.15. The van der Waals surface area contributed by atoms with E-state index in [1.165, 1.54) is 5.56 Å². The van der Waals surface area contributed by atoms with Crippen LogP contribution in [0.5, 0.6) is 5.75 Å². The first-order chi connectivity index (χ1) is 17.7. The standard InChI is InChI=1S/C32H28N2O2/c1-23(29-15-7-12-26-11-5-6-14-30(26)29)32(35)34-31-20-25(22-36-28-13-8-18-33-21-28)16-17-27(31)19-24-9-3-2-4-10-24/h2-18,20-21,23H,19,22H2,1H3,(H,34,35). The average Bonchev–Trinajstić information content (AvgIpc) is 2.93. The van der Waals surface area contributed by atoms with Crippen molar-refractivity contribution in [3.05, 3.63) is 138 Å². The van der Waals surface area contributed by atoms with E-state index in [-0.39, 0.29) is 11.8 Å². The third-order valence-corrected chi connectivity index (χ3v) is 6.39. The van der Waals surface area contributed by atoms with Crippen molar-refractivity contribution in [2.24, 2.45) is 0 Å². The molecule has 1 unspecified atom stereocenters. The minimum Gasteiger partial charge on any atom is -0.487 e. The second-order valence-electron chi connectivity index (χ2n) is 8.91. The van der Waals surface area contributed by atoms with E-state index < -0.39 is 0 Å². The predicted molar refractivity (Wildman–Crippen MR) is 145 cm³/mol. The van der Waals surface area contributed by atoms with Gasteiger partial charge in [-0.3, -0.25) is 9.78 Å². The van der Waals surface area contributed by atoms with Crippen LogP contribution in [0.2, 0.25) is 0 Å². The molecule has 0 bridgehead atoms. The van der Waals surface area contributed by atoms with E-state index >= 15 is 0 Å². The molecule has 1 heterocycles. The summed E-state index contributed by atoms with van der Waals surface area (Å²) in [6, 6.07) is 34.5. The van der Waals surface area contributed by atoms with Crippen molar-refractivity contribution >= 4 is 22.4 Å². The molecule has 4 aromatic carbocycles. The fourth-order valence-electron chi connectivity index (χ4n) is 4.41. The molecule has 1 atom stereocenters. The normalized spacial score (nSPS) is 11.7. The summed E-state index contributed by atoms with van der Waals surface area (Å²) in [5, 5.41) is 5.46. The smallest absolute Gasteiger partial charge is 0.231 e. The van der Waals surface area contributed by atoms with E-state index in [4.69, 9.17) is 4.74 Å². The molecule has 0 aliphatic carbocycles. The van der Waals surface area contributed by atoms with Crippen LogP contribution in [0, 0.1) is 0 Å². The number of ether oxygens (including phenoxy) is 1. The number of fused-ring (bicyclic) bond motifs is 1. The number of aromatic nitrogens is 1. The van der Waals surface area contributed by atoms with Crippen LogP contribution in [0.3, 0.4) is 0 Å². The van der Waals surface area contributed by atoms with Gasteiger partial charge in [-0.2, -0.15) is 0 Å². The van der Waals surface area contributed by atoms with E-state index in [9.17, 15) is 4.79 Å². The lowest BCUT2D eigenvalue weighted by Gasteiger charge is -2.18. The van der Waals surface area contributed by atoms with E-state index in [1.807, 2.05) is 67.6 Å². The number of hydrogen-bond donors (Lipinski definition) is 1. The van der Waals surface area contributed by atoms with Gasteiger partial charge in [0.25, 0.3) is 0 Å². The van der Waals surface area contributed by atoms with Gasteiger partial charge in [0, 0.05) is 11.9 Å². The van der Waals surface area contributed by atoms with Gasteiger partial charge >= 0.3 is 0 Å². The Labute approximate surface area is 211 Å². The van der Waals surface area contributed by atoms with Crippen molar-refractivity contribution in [2.75, 3.05) is 5.32 Å². The highest BCUT2D eigenvalue weighted by Gasteiger charge is 2.19. The molecular formula is C32H28N2O2. The molecule has 5 aromatic rings. The zero-order chi connectivity index (χ0) is 24.7. The van der Waals surface area contributed by atoms with Crippen molar-refractivity contribution in [3.63, 3.8) is 0 Å². The lowest BCUT2D eigenvalue weighted by molar-refractivity contribution is -0.117. The molecule has 1 aromatic heterocycles. The number of amides is 1. The van der Waals surface area contributed by atoms with Gasteiger partial charge in [-0.1, -0.05) is 84.9 Å². The number of benzene rings is 4. The third kappa shape index (κ3) is 5.44. The van der Waals surface area contributed by atoms with E-state index in [0.717, 1.165) is 39.6 Å². The molecule has 5 rings (SSSR count). The zero-order valence-electron chi connectivity index (χ0n) is 20.2. The third-order valence-electron chi connectivity index (χ3n) is 6.39. The van der Waals surface area contributed by atoms with Crippen LogP contribution >= 0.6 is 0 Å². The molecule has 0 aliphatic rings. The van der Waals surface area contributed by atoms with Crippen LogP contribution < -0.4 is 10.1 Å². The Morgan fingerprint density at radius 2 is 1.67 bits per heavy atom. The Hall–Kier alpha value is -4.44. The van der Waals surface area contributed by atoms with E-state index in [0.29, 0.717) is 12.4 Å². The molecular weight excluding hydrogens is 444 g/mol. The number of anilines is 1. The van der Waals surface area contributed by atoms with Crippen LogP contribution in [0.4, 0.5) is 5.69 Å². The van der Waals surface area contributed by atoms with Gasteiger partial charge in [0.05, 0.1) is 12.1 Å². The number of nitrogens with zero attached hydrogens (tertiary/aromatic N) is 1. The average molecular weight is 473 g/mol. The van der Waals surface area contributed by atoms with Crippen molar-refractivity contribution in [1.29, 1.82) is 0 Å². The zero-order valence-corrected chi connectivity index (χ0v) is 20.2. The maximum atomic E-state index is 13.5. The quantitative estimate of drug-likeness (QED) is 0.261. The first kappa shape index (κ1) is 23.3. The first-order valence-electron chi connectivity index (χ1n) is 12.1. The number of hydrogen-bond acceptors (Lipinski definition) is 3. The lowest BCUT2D eigenvalue weighted by Crippen LogP contribution is -2.20. The van der Waals surface area contributed by atoms with Crippen LogP contribution in [0.15, 0.2) is 116 Å². The van der Waals surface area contributed by atoms with Crippen LogP contribution in [0.1, 0.15) is 35.1 Å². The van der Waals surface area contributed by atoms with Gasteiger partial charge in [-0.25, -0.2) is 0 Å². The topological polar surface area (TPSA) is 51.2 Å². The molecule has 1 N–H and O–H groups in total. The van der Waals surface area contributed by atoms with Crippen molar-refractivity contribution in [3.8, 4) is 5.75 Å². The largest absolute Gasteiger partial charge is 0.487 e. The van der Waals surface area contributed by atoms with Gasteiger partial charge in [0.15, 0.2) is 0 Å². The van der Waals surface area contributed by atoms with Gasteiger partial charge < -0.3 is 10.1 Å². The fourth-order valence-corrected chi connectivity index (χ4v) is 4.41. The number of carbonyl (C=O) groups is 1. The lowest BCUT2D eigenvalue weighted by atomic mass is 9.93. The van der Waals surface area contributed by atoms with E-state index in [1.54, 1.807) is 12.4 Å². The Kier molecular flexibility index (Phi) is 7.04. The number of carbonyl (C=O) groups excluding carboxylic acids is 1. The molecule has 0 radical (unpaired) electrons. The van der Waals surface area contributed by atoms with Crippen LogP contribution in [-0.4, -0.2) is 10.9 Å².